The summed E-state index contributed by atoms with van der Waals surface area (Å²) in [4.78, 5) is 0.259. The first-order valence-corrected chi connectivity index (χ1v) is 9.33. The van der Waals surface area contributed by atoms with Gasteiger partial charge >= 0.3 is 0 Å². The third-order valence-electron chi connectivity index (χ3n) is 3.13. The van der Waals surface area contributed by atoms with Gasteiger partial charge in [0.05, 0.1) is 4.90 Å². The minimum atomic E-state index is -3.31. The Balaban J connectivity index is 2.34. The summed E-state index contributed by atoms with van der Waals surface area (Å²) in [7, 11) is -3.31. The predicted molar refractivity (Wildman–Crippen MR) is 90.8 cm³/mol. The zero-order valence-corrected chi connectivity index (χ0v) is 14.8. The molecule has 0 atom stereocenters. The maximum absolute atomic E-state index is 11.8. The minimum absolute atomic E-state index is 0.259. The molecule has 0 amide bonds. The van der Waals surface area contributed by atoms with Crippen molar-refractivity contribution < 1.29 is 8.42 Å². The fourth-order valence-electron chi connectivity index (χ4n) is 2.03. The highest BCUT2D eigenvalue weighted by Crippen LogP contribution is 2.26. The fourth-order valence-corrected chi connectivity index (χ4v) is 3.64. The Labute approximate surface area is 138 Å². The number of aryl methyl sites for hydroxylation is 1. The van der Waals surface area contributed by atoms with Crippen LogP contribution in [-0.2, 0) is 16.4 Å². The van der Waals surface area contributed by atoms with Gasteiger partial charge in [-0.1, -0.05) is 39.7 Å². The molecule has 112 valence electrons. The van der Waals surface area contributed by atoms with Crippen LogP contribution in [0.4, 0.5) is 5.69 Å². The number of benzene rings is 2. The Kier molecular flexibility index (Phi) is 4.96. The SMILES string of the molecule is Cc1ccc(Br)cc1NCc1c(Cl)cccc1S(C)(=O)=O. The lowest BCUT2D eigenvalue weighted by atomic mass is 10.1. The number of anilines is 1. The highest BCUT2D eigenvalue weighted by atomic mass is 79.9. The Morgan fingerprint density at radius 3 is 2.62 bits per heavy atom. The Morgan fingerprint density at radius 2 is 1.95 bits per heavy atom. The van der Waals surface area contributed by atoms with Crippen molar-refractivity contribution in [1.82, 2.24) is 0 Å². The number of nitrogens with one attached hydrogen (secondary N) is 1. The summed E-state index contributed by atoms with van der Waals surface area (Å²) >= 11 is 9.58. The first-order valence-electron chi connectivity index (χ1n) is 6.26. The Morgan fingerprint density at radius 1 is 1.24 bits per heavy atom. The average Bonchev–Trinajstić information content (AvgIpc) is 2.39. The highest BCUT2D eigenvalue weighted by molar-refractivity contribution is 9.10. The van der Waals surface area contributed by atoms with Crippen LogP contribution in [-0.4, -0.2) is 14.7 Å². The Bertz CT molecular complexity index is 775. The molecule has 21 heavy (non-hydrogen) atoms. The van der Waals surface area contributed by atoms with Crippen molar-refractivity contribution in [1.29, 1.82) is 0 Å². The second-order valence-electron chi connectivity index (χ2n) is 4.80. The van der Waals surface area contributed by atoms with E-state index in [1.54, 1.807) is 18.2 Å². The van der Waals surface area contributed by atoms with E-state index in [-0.39, 0.29) is 4.90 Å². The molecule has 0 fully saturated rings. The third kappa shape index (κ3) is 3.99. The van der Waals surface area contributed by atoms with E-state index in [4.69, 9.17) is 11.6 Å². The molecule has 2 aromatic carbocycles. The fraction of sp³-hybridized carbons (Fsp3) is 0.200. The molecule has 0 saturated carbocycles. The van der Waals surface area contributed by atoms with Crippen molar-refractivity contribution in [3.8, 4) is 0 Å². The zero-order valence-electron chi connectivity index (χ0n) is 11.7. The molecule has 0 saturated heterocycles. The van der Waals surface area contributed by atoms with Crippen LogP contribution in [0.25, 0.3) is 0 Å². The van der Waals surface area contributed by atoms with E-state index < -0.39 is 9.84 Å². The van der Waals surface area contributed by atoms with Gasteiger partial charge in [0.25, 0.3) is 0 Å². The van der Waals surface area contributed by atoms with Crippen molar-refractivity contribution in [3.05, 3.63) is 57.0 Å². The maximum atomic E-state index is 11.8. The summed E-state index contributed by atoms with van der Waals surface area (Å²) in [5.41, 5.74) is 2.59. The standard InChI is InChI=1S/C15H15BrClNO2S/c1-10-6-7-11(16)8-14(10)18-9-12-13(17)4-3-5-15(12)21(2,19)20/h3-8,18H,9H2,1-2H3. The number of hydrogen-bond donors (Lipinski definition) is 1. The van der Waals surface area contributed by atoms with Gasteiger partial charge in [-0.05, 0) is 36.8 Å². The largest absolute Gasteiger partial charge is 0.381 e. The lowest BCUT2D eigenvalue weighted by Gasteiger charge is -2.14. The van der Waals surface area contributed by atoms with E-state index in [2.05, 4.69) is 21.2 Å². The van der Waals surface area contributed by atoms with Crippen molar-refractivity contribution in [2.75, 3.05) is 11.6 Å². The Hall–Kier alpha value is -1.04. The summed E-state index contributed by atoms with van der Waals surface area (Å²) < 4.78 is 24.6. The first-order chi connectivity index (χ1) is 9.79. The molecule has 0 aliphatic carbocycles. The van der Waals surface area contributed by atoms with Crippen LogP contribution >= 0.6 is 27.5 Å². The van der Waals surface area contributed by atoms with Crippen LogP contribution in [0.2, 0.25) is 5.02 Å². The molecule has 0 aromatic heterocycles. The van der Waals surface area contributed by atoms with E-state index in [9.17, 15) is 8.42 Å². The third-order valence-corrected chi connectivity index (χ3v) is 5.16. The van der Waals surface area contributed by atoms with E-state index >= 15 is 0 Å². The van der Waals surface area contributed by atoms with Gasteiger partial charge in [0, 0.05) is 33.5 Å². The second-order valence-corrected chi connectivity index (χ2v) is 8.11. The molecule has 1 N–H and O–H groups in total. The molecule has 0 aliphatic heterocycles. The van der Waals surface area contributed by atoms with Crippen LogP contribution in [0, 0.1) is 6.92 Å². The normalized spacial score (nSPS) is 11.4. The molecule has 2 rings (SSSR count). The molecule has 2 aromatic rings. The quantitative estimate of drug-likeness (QED) is 0.843. The van der Waals surface area contributed by atoms with Gasteiger partial charge in [0.1, 0.15) is 0 Å². The smallest absolute Gasteiger partial charge is 0.175 e. The van der Waals surface area contributed by atoms with Gasteiger partial charge in [0.2, 0.25) is 0 Å². The second kappa shape index (κ2) is 6.38. The highest BCUT2D eigenvalue weighted by Gasteiger charge is 2.15. The van der Waals surface area contributed by atoms with E-state index in [1.807, 2.05) is 25.1 Å². The summed E-state index contributed by atoms with van der Waals surface area (Å²) in [6.07, 6.45) is 1.19. The molecule has 0 heterocycles. The molecular weight excluding hydrogens is 374 g/mol. The lowest BCUT2D eigenvalue weighted by Crippen LogP contribution is -2.08. The minimum Gasteiger partial charge on any atom is -0.381 e. The predicted octanol–water partition coefficient (Wildman–Crippen LogP) is 4.43. The van der Waals surface area contributed by atoms with Gasteiger partial charge in [-0.25, -0.2) is 8.42 Å². The van der Waals surface area contributed by atoms with Crippen molar-refractivity contribution in [2.45, 2.75) is 18.4 Å². The van der Waals surface area contributed by atoms with Gasteiger partial charge in [-0.15, -0.1) is 0 Å². The number of hydrogen-bond acceptors (Lipinski definition) is 3. The maximum Gasteiger partial charge on any atom is 0.175 e. The molecule has 0 unspecified atom stereocenters. The van der Waals surface area contributed by atoms with Crippen LogP contribution in [0.3, 0.4) is 0 Å². The number of sulfone groups is 1. The van der Waals surface area contributed by atoms with Crippen molar-refractivity contribution in [3.63, 3.8) is 0 Å². The molecule has 0 spiro atoms. The zero-order chi connectivity index (χ0) is 15.6. The summed E-state index contributed by atoms with van der Waals surface area (Å²) in [6.45, 7) is 2.33. The van der Waals surface area contributed by atoms with Crippen LogP contribution < -0.4 is 5.32 Å². The number of rotatable bonds is 4. The van der Waals surface area contributed by atoms with Crippen molar-refractivity contribution >= 4 is 43.1 Å². The molecule has 0 radical (unpaired) electrons. The molecule has 6 heteroatoms. The van der Waals surface area contributed by atoms with Gasteiger partial charge in [-0.3, -0.25) is 0 Å². The summed E-state index contributed by atoms with van der Waals surface area (Å²) in [5, 5.41) is 3.69. The van der Waals surface area contributed by atoms with Gasteiger partial charge in [0.15, 0.2) is 9.84 Å². The molecule has 3 nitrogen and oxygen atoms in total. The summed E-state index contributed by atoms with van der Waals surface area (Å²) in [6, 6.07) is 10.8. The van der Waals surface area contributed by atoms with Crippen molar-refractivity contribution in [2.24, 2.45) is 0 Å². The van der Waals surface area contributed by atoms with Crippen LogP contribution in [0.5, 0.6) is 0 Å². The van der Waals surface area contributed by atoms with E-state index in [0.717, 1.165) is 15.7 Å². The topological polar surface area (TPSA) is 46.2 Å². The first kappa shape index (κ1) is 16.3. The van der Waals surface area contributed by atoms with E-state index in [1.165, 1.54) is 6.26 Å². The summed E-state index contributed by atoms with van der Waals surface area (Å²) in [5.74, 6) is 0. The lowest BCUT2D eigenvalue weighted by molar-refractivity contribution is 0.601. The van der Waals surface area contributed by atoms with Gasteiger partial charge < -0.3 is 5.32 Å². The number of halogens is 2. The van der Waals surface area contributed by atoms with Crippen LogP contribution in [0.15, 0.2) is 45.8 Å². The van der Waals surface area contributed by atoms with Gasteiger partial charge in [-0.2, -0.15) is 0 Å². The molecule has 0 aliphatic rings. The average molecular weight is 389 g/mol. The molecule has 0 bridgehead atoms. The molecular formula is C15H15BrClNO2S. The monoisotopic (exact) mass is 387 g/mol. The van der Waals surface area contributed by atoms with E-state index in [0.29, 0.717) is 17.1 Å². The van der Waals surface area contributed by atoms with Crippen LogP contribution in [0.1, 0.15) is 11.1 Å².